The van der Waals surface area contributed by atoms with Crippen LogP contribution in [0.3, 0.4) is 0 Å². The molecule has 2 aliphatic rings. The molecule has 0 atom stereocenters. The molecule has 0 saturated carbocycles. The van der Waals surface area contributed by atoms with Gasteiger partial charge in [0.2, 0.25) is 29.3 Å². The predicted molar refractivity (Wildman–Crippen MR) is 254 cm³/mol. The topological polar surface area (TPSA) is 225 Å². The first-order valence-corrected chi connectivity index (χ1v) is 22.4. The number of carboxylic acid groups (broad SMARTS) is 1. The van der Waals surface area contributed by atoms with Crippen LogP contribution < -0.4 is 24.3 Å². The van der Waals surface area contributed by atoms with Gasteiger partial charge >= 0.3 is 5.97 Å². The van der Waals surface area contributed by atoms with Crippen molar-refractivity contribution >= 4 is 23.7 Å². The Hall–Kier alpha value is -7.80. The maximum atomic E-state index is 12.7. The number of hydrogen-bond donors (Lipinski definition) is 2. The molecule has 4 heterocycles. The molecule has 0 bridgehead atoms. The Bertz CT molecular complexity index is 2610. The highest BCUT2D eigenvalue weighted by atomic mass is 16.5. The number of nitrogens with one attached hydrogen (secondary N) is 1. The van der Waals surface area contributed by atoms with Crippen LogP contribution in [-0.4, -0.2) is 146 Å². The van der Waals surface area contributed by atoms with Gasteiger partial charge in [-0.05, 0) is 99.4 Å². The molecule has 364 valence electrons. The first kappa shape index (κ1) is 50.6. The average molecular weight is 947 g/mol. The quantitative estimate of drug-likeness (QED) is 0.122. The highest BCUT2D eigenvalue weighted by molar-refractivity contribution is 5.96. The van der Waals surface area contributed by atoms with E-state index in [1.54, 1.807) is 88.9 Å². The number of hydrogen-bond acceptors (Lipinski definition) is 15. The van der Waals surface area contributed by atoms with Gasteiger partial charge in [0.05, 0.1) is 35.0 Å². The summed E-state index contributed by atoms with van der Waals surface area (Å²) in [6, 6.07) is 28.6. The summed E-state index contributed by atoms with van der Waals surface area (Å²) in [5.74, 6) is 3.81. The number of aromatic nitrogens is 4. The fourth-order valence-corrected chi connectivity index (χ4v) is 7.68. The fraction of sp³-hybridized carbons (Fsp3) is 0.360. The number of amides is 3. The number of likely N-dealkylation sites (tertiary alicyclic amines) is 1. The van der Waals surface area contributed by atoms with Crippen molar-refractivity contribution in [3.05, 3.63) is 120 Å². The molecule has 3 amide bonds. The zero-order valence-corrected chi connectivity index (χ0v) is 39.6. The van der Waals surface area contributed by atoms with Crippen LogP contribution in [0.2, 0.25) is 0 Å². The molecule has 6 aromatic rings. The van der Waals surface area contributed by atoms with Crippen molar-refractivity contribution in [3.63, 3.8) is 0 Å². The Balaban J connectivity index is 0.000000189. The van der Waals surface area contributed by atoms with Gasteiger partial charge in [0, 0.05) is 61.3 Å². The van der Waals surface area contributed by atoms with Crippen LogP contribution >= 0.6 is 0 Å². The van der Waals surface area contributed by atoms with E-state index in [0.29, 0.717) is 70.7 Å². The van der Waals surface area contributed by atoms with Crippen LogP contribution in [0.4, 0.5) is 0 Å². The maximum Gasteiger partial charge on any atom is 0.323 e. The summed E-state index contributed by atoms with van der Waals surface area (Å²) in [7, 11) is 9.49. The van der Waals surface area contributed by atoms with Gasteiger partial charge in [0.25, 0.3) is 11.8 Å². The van der Waals surface area contributed by atoms with E-state index in [4.69, 9.17) is 33.1 Å². The lowest BCUT2D eigenvalue weighted by molar-refractivity contribution is -0.137. The molecule has 2 aromatic heterocycles. The van der Waals surface area contributed by atoms with E-state index in [-0.39, 0.29) is 36.7 Å². The summed E-state index contributed by atoms with van der Waals surface area (Å²) >= 11 is 0. The summed E-state index contributed by atoms with van der Waals surface area (Å²) in [6.07, 6.45) is 3.51. The van der Waals surface area contributed by atoms with Crippen LogP contribution in [-0.2, 0) is 9.59 Å². The summed E-state index contributed by atoms with van der Waals surface area (Å²) < 4.78 is 32.1. The maximum absolute atomic E-state index is 12.7. The molecule has 2 fully saturated rings. The van der Waals surface area contributed by atoms with Gasteiger partial charge in [-0.25, -0.2) is 0 Å². The summed E-state index contributed by atoms with van der Waals surface area (Å²) in [4.78, 5) is 60.7. The monoisotopic (exact) mass is 946 g/mol. The van der Waals surface area contributed by atoms with E-state index in [0.717, 1.165) is 60.7 Å². The number of benzene rings is 4. The van der Waals surface area contributed by atoms with Gasteiger partial charge in [-0.1, -0.05) is 46.7 Å². The molecule has 0 unspecified atom stereocenters. The van der Waals surface area contributed by atoms with E-state index in [1.807, 2.05) is 48.5 Å². The Morgan fingerprint density at radius 1 is 0.609 bits per heavy atom. The second kappa shape index (κ2) is 24.8. The molecule has 19 nitrogen and oxygen atoms in total. The van der Waals surface area contributed by atoms with Crippen LogP contribution in [0.25, 0.3) is 22.8 Å². The van der Waals surface area contributed by atoms with Crippen LogP contribution in [0.5, 0.6) is 23.0 Å². The zero-order chi connectivity index (χ0) is 49.3. The summed E-state index contributed by atoms with van der Waals surface area (Å²) in [5, 5.41) is 20.0. The lowest BCUT2D eigenvalue weighted by atomic mass is 9.96. The largest absolute Gasteiger partial charge is 0.493 e. The third kappa shape index (κ3) is 13.7. The third-order valence-corrected chi connectivity index (χ3v) is 11.5. The number of carbonyl (C=O) groups is 4. The standard InChI is InChI=1S/C25H28N4O5.C15H19N3O3.C10H11NO3/c1-28(25(31)18-7-5-4-6-8-18)16-22(30)29-13-11-17(12-14-29)24-26-23(27-34-24)19-9-10-20(32-2)21(15-19)33-3;1-19-12-4-3-11(9-13(12)20-2)14-17-15(21-18-14)10-5-7-16-8-6-10;1-11(7-9(12)13)10(14)8-5-3-2-4-6-8/h4-10,15,17H,11-14,16H2,1-3H3;3-4,9-10,16H,5-8H2,1-2H3;2-6H,7H2,1H3,(H,12,13). The number of likely N-dealkylation sites (N-methyl/N-ethyl adjacent to an activating group) is 2. The first-order valence-electron chi connectivity index (χ1n) is 22.4. The van der Waals surface area contributed by atoms with Crippen molar-refractivity contribution in [1.82, 2.24) is 40.3 Å². The van der Waals surface area contributed by atoms with Crippen LogP contribution in [0, 0.1) is 0 Å². The van der Waals surface area contributed by atoms with Crippen molar-refractivity contribution < 1.29 is 52.3 Å². The molecule has 0 spiro atoms. The molecular weight excluding hydrogens is 889 g/mol. The van der Waals surface area contributed by atoms with Gasteiger partial charge in [0.1, 0.15) is 6.54 Å². The molecular formula is C50H58N8O11. The number of carboxylic acids is 1. The van der Waals surface area contributed by atoms with E-state index < -0.39 is 5.97 Å². The Morgan fingerprint density at radius 2 is 1.03 bits per heavy atom. The smallest absolute Gasteiger partial charge is 0.323 e. The summed E-state index contributed by atoms with van der Waals surface area (Å²) in [5.41, 5.74) is 2.69. The number of rotatable bonds is 14. The molecule has 69 heavy (non-hydrogen) atoms. The molecule has 8 rings (SSSR count). The SMILES string of the molecule is CN(CC(=O)O)C(=O)c1ccccc1.COc1ccc(-c2noc(C3CCN(C(=O)CN(C)C(=O)c4ccccc4)CC3)n2)cc1OC.COc1ccc(-c2noc(C3CCNCC3)n2)cc1OC. The van der Waals surface area contributed by atoms with E-state index in [2.05, 4.69) is 25.6 Å². The minimum atomic E-state index is -1.02. The molecule has 0 radical (unpaired) electrons. The molecule has 4 aromatic carbocycles. The normalized spacial score (nSPS) is 13.7. The number of piperidine rings is 2. The zero-order valence-electron chi connectivity index (χ0n) is 39.6. The predicted octanol–water partition coefficient (Wildman–Crippen LogP) is 6.30. The van der Waals surface area contributed by atoms with Gasteiger partial charge in [-0.15, -0.1) is 0 Å². The Labute approximate surface area is 400 Å². The van der Waals surface area contributed by atoms with Crippen molar-refractivity contribution in [2.24, 2.45) is 0 Å². The number of nitrogens with zero attached hydrogens (tertiary/aromatic N) is 7. The molecule has 0 aliphatic carbocycles. The lowest BCUT2D eigenvalue weighted by Crippen LogP contribution is -2.44. The Morgan fingerprint density at radius 3 is 1.45 bits per heavy atom. The highest BCUT2D eigenvalue weighted by Crippen LogP contribution is 2.34. The fourth-order valence-electron chi connectivity index (χ4n) is 7.68. The third-order valence-electron chi connectivity index (χ3n) is 11.5. The van der Waals surface area contributed by atoms with Gasteiger partial charge in [-0.3, -0.25) is 19.2 Å². The van der Waals surface area contributed by atoms with E-state index in [9.17, 15) is 19.2 Å². The molecule has 2 N–H and O–H groups in total. The second-order valence-corrected chi connectivity index (χ2v) is 16.2. The van der Waals surface area contributed by atoms with E-state index >= 15 is 0 Å². The highest BCUT2D eigenvalue weighted by Gasteiger charge is 2.29. The van der Waals surface area contributed by atoms with Gasteiger partial charge < -0.3 is 53.1 Å². The minimum absolute atomic E-state index is 0.0441. The number of aliphatic carboxylic acids is 1. The van der Waals surface area contributed by atoms with E-state index in [1.165, 1.54) is 11.9 Å². The second-order valence-electron chi connectivity index (χ2n) is 16.2. The van der Waals surface area contributed by atoms with Crippen molar-refractivity contribution in [2.45, 2.75) is 37.5 Å². The van der Waals surface area contributed by atoms with Gasteiger partial charge in [-0.2, -0.15) is 9.97 Å². The van der Waals surface area contributed by atoms with Crippen LogP contribution in [0.15, 0.2) is 106 Å². The van der Waals surface area contributed by atoms with Crippen molar-refractivity contribution in [3.8, 4) is 45.8 Å². The first-order chi connectivity index (χ1) is 33.4. The molecule has 19 heteroatoms. The minimum Gasteiger partial charge on any atom is -0.493 e. The number of ether oxygens (including phenoxy) is 4. The lowest BCUT2D eigenvalue weighted by Gasteiger charge is -2.31. The average Bonchev–Trinajstić information content (AvgIpc) is 4.11. The Kier molecular flexibility index (Phi) is 18.2. The van der Waals surface area contributed by atoms with Gasteiger partial charge in [0.15, 0.2) is 23.0 Å². The van der Waals surface area contributed by atoms with Crippen molar-refractivity contribution in [1.29, 1.82) is 0 Å². The molecule has 2 saturated heterocycles. The number of carbonyl (C=O) groups excluding carboxylic acids is 3. The summed E-state index contributed by atoms with van der Waals surface area (Å²) in [6.45, 7) is 2.91. The molecule has 2 aliphatic heterocycles. The van der Waals surface area contributed by atoms with Crippen molar-refractivity contribution in [2.75, 3.05) is 81.8 Å². The van der Waals surface area contributed by atoms with Crippen LogP contribution in [0.1, 0.15) is 70.0 Å². The number of methoxy groups -OCH3 is 4.